The molecule has 2 aromatic heterocycles. The van der Waals surface area contributed by atoms with Crippen LogP contribution in [0, 0.1) is 0 Å². The summed E-state index contributed by atoms with van der Waals surface area (Å²) in [4.78, 5) is 2.24. The lowest BCUT2D eigenvalue weighted by Gasteiger charge is -2.29. The van der Waals surface area contributed by atoms with Gasteiger partial charge in [0, 0.05) is 13.1 Å². The van der Waals surface area contributed by atoms with Gasteiger partial charge in [0.15, 0.2) is 5.76 Å². The highest BCUT2D eigenvalue weighted by Crippen LogP contribution is 2.18. The van der Waals surface area contributed by atoms with Gasteiger partial charge in [-0.25, -0.2) is 0 Å². The van der Waals surface area contributed by atoms with Gasteiger partial charge >= 0.3 is 0 Å². The van der Waals surface area contributed by atoms with Crippen molar-refractivity contribution >= 4 is 0 Å². The van der Waals surface area contributed by atoms with E-state index in [2.05, 4.69) is 22.0 Å². The molecule has 1 aliphatic heterocycles. The van der Waals surface area contributed by atoms with E-state index < -0.39 is 0 Å². The van der Waals surface area contributed by atoms with Crippen molar-refractivity contribution in [1.29, 1.82) is 0 Å². The smallest absolute Gasteiger partial charge is 0.283 e. The Kier molecular flexibility index (Phi) is 3.12. The molecule has 0 aromatic carbocycles. The summed E-state index contributed by atoms with van der Waals surface area (Å²) in [6.45, 7) is 5.25. The van der Waals surface area contributed by atoms with E-state index in [-0.39, 0.29) is 6.10 Å². The monoisotopic (exact) mass is 249 g/mol. The van der Waals surface area contributed by atoms with Gasteiger partial charge < -0.3 is 13.6 Å². The SMILES string of the molecule is C[C@@H]1CN(Cc2nnc(-c3ccco3)o2)CCO1. The number of aromatic nitrogens is 2. The van der Waals surface area contributed by atoms with Gasteiger partial charge in [0.05, 0.1) is 25.5 Å². The van der Waals surface area contributed by atoms with Crippen molar-refractivity contribution in [1.82, 2.24) is 15.1 Å². The minimum Gasteiger partial charge on any atom is -0.459 e. The van der Waals surface area contributed by atoms with E-state index in [9.17, 15) is 0 Å². The predicted molar refractivity (Wildman–Crippen MR) is 62.7 cm³/mol. The number of rotatable bonds is 3. The number of hydrogen-bond acceptors (Lipinski definition) is 6. The lowest BCUT2D eigenvalue weighted by atomic mass is 10.3. The van der Waals surface area contributed by atoms with Crippen molar-refractivity contribution in [2.45, 2.75) is 19.6 Å². The Balaban J connectivity index is 1.66. The second-order valence-corrected chi connectivity index (χ2v) is 4.39. The second-order valence-electron chi connectivity index (χ2n) is 4.39. The lowest BCUT2D eigenvalue weighted by molar-refractivity contribution is -0.0235. The Labute approximate surface area is 105 Å². The average Bonchev–Trinajstić information content (AvgIpc) is 2.98. The van der Waals surface area contributed by atoms with Gasteiger partial charge in [-0.3, -0.25) is 4.90 Å². The summed E-state index contributed by atoms with van der Waals surface area (Å²) >= 11 is 0. The molecular formula is C12H15N3O3. The van der Waals surface area contributed by atoms with Gasteiger partial charge in [0.2, 0.25) is 5.89 Å². The van der Waals surface area contributed by atoms with Crippen LogP contribution in [0.1, 0.15) is 12.8 Å². The zero-order valence-corrected chi connectivity index (χ0v) is 10.2. The Morgan fingerprint density at radius 2 is 2.39 bits per heavy atom. The zero-order valence-electron chi connectivity index (χ0n) is 10.2. The van der Waals surface area contributed by atoms with Crippen LogP contribution in [-0.2, 0) is 11.3 Å². The van der Waals surface area contributed by atoms with Crippen LogP contribution >= 0.6 is 0 Å². The first-order valence-electron chi connectivity index (χ1n) is 6.01. The highest BCUT2D eigenvalue weighted by molar-refractivity contribution is 5.42. The Morgan fingerprint density at radius 3 is 3.17 bits per heavy atom. The van der Waals surface area contributed by atoms with Gasteiger partial charge in [-0.2, -0.15) is 0 Å². The molecule has 6 heteroatoms. The maximum Gasteiger partial charge on any atom is 0.283 e. The van der Waals surface area contributed by atoms with Crippen LogP contribution in [0.3, 0.4) is 0 Å². The molecule has 1 atom stereocenters. The first-order chi connectivity index (χ1) is 8.81. The molecule has 0 bridgehead atoms. The molecule has 3 rings (SSSR count). The van der Waals surface area contributed by atoms with Gasteiger partial charge in [-0.1, -0.05) is 0 Å². The largest absolute Gasteiger partial charge is 0.459 e. The molecule has 1 saturated heterocycles. The summed E-state index contributed by atoms with van der Waals surface area (Å²) in [5, 5.41) is 8.01. The molecule has 6 nitrogen and oxygen atoms in total. The topological polar surface area (TPSA) is 64.5 Å². The molecule has 0 aliphatic carbocycles. The third kappa shape index (κ3) is 2.44. The second kappa shape index (κ2) is 4.91. The Morgan fingerprint density at radius 1 is 1.44 bits per heavy atom. The van der Waals surface area contributed by atoms with Crippen molar-refractivity contribution in [3.63, 3.8) is 0 Å². The van der Waals surface area contributed by atoms with Gasteiger partial charge in [-0.05, 0) is 19.1 Å². The number of nitrogens with zero attached hydrogens (tertiary/aromatic N) is 3. The average molecular weight is 249 g/mol. The van der Waals surface area contributed by atoms with Crippen LogP contribution in [-0.4, -0.2) is 40.9 Å². The number of ether oxygens (including phenoxy) is 1. The molecule has 0 saturated carbocycles. The number of hydrogen-bond donors (Lipinski definition) is 0. The van der Waals surface area contributed by atoms with E-state index in [0.29, 0.717) is 24.1 Å². The predicted octanol–water partition coefficient (Wildman–Crippen LogP) is 1.55. The maximum atomic E-state index is 5.57. The van der Waals surface area contributed by atoms with Crippen LogP contribution in [0.5, 0.6) is 0 Å². The highest BCUT2D eigenvalue weighted by Gasteiger charge is 2.19. The fourth-order valence-electron chi connectivity index (χ4n) is 2.04. The maximum absolute atomic E-state index is 5.57. The summed E-state index contributed by atoms with van der Waals surface area (Å²) in [6, 6.07) is 3.59. The van der Waals surface area contributed by atoms with Crippen LogP contribution in [0.15, 0.2) is 27.2 Å². The molecule has 3 heterocycles. The standard InChI is InChI=1S/C12H15N3O3/c1-9-7-15(4-6-16-9)8-11-13-14-12(18-11)10-3-2-5-17-10/h2-3,5,9H,4,6-8H2,1H3/t9-/m1/s1. The van der Waals surface area contributed by atoms with Crippen molar-refractivity contribution < 1.29 is 13.6 Å². The number of morpholine rings is 1. The summed E-state index contributed by atoms with van der Waals surface area (Å²) in [7, 11) is 0. The van der Waals surface area contributed by atoms with E-state index in [1.165, 1.54) is 0 Å². The van der Waals surface area contributed by atoms with Crippen LogP contribution in [0.2, 0.25) is 0 Å². The lowest BCUT2D eigenvalue weighted by Crippen LogP contribution is -2.40. The first-order valence-corrected chi connectivity index (χ1v) is 6.01. The zero-order chi connectivity index (χ0) is 12.4. The fraction of sp³-hybridized carbons (Fsp3) is 0.500. The van der Waals surface area contributed by atoms with E-state index in [1.807, 2.05) is 0 Å². The number of furan rings is 1. The molecule has 0 spiro atoms. The Bertz CT molecular complexity index is 494. The Hall–Kier alpha value is -1.66. The van der Waals surface area contributed by atoms with Crippen LogP contribution in [0.25, 0.3) is 11.7 Å². The molecule has 0 radical (unpaired) electrons. The van der Waals surface area contributed by atoms with Gasteiger partial charge in [0.1, 0.15) is 0 Å². The van der Waals surface area contributed by atoms with E-state index in [1.54, 1.807) is 18.4 Å². The quantitative estimate of drug-likeness (QED) is 0.822. The molecular weight excluding hydrogens is 234 g/mol. The van der Waals surface area contributed by atoms with Gasteiger partial charge in [-0.15, -0.1) is 10.2 Å². The molecule has 0 unspecified atom stereocenters. The van der Waals surface area contributed by atoms with Crippen LogP contribution in [0.4, 0.5) is 0 Å². The molecule has 0 amide bonds. The molecule has 18 heavy (non-hydrogen) atoms. The summed E-state index contributed by atoms with van der Waals surface area (Å²) in [5.41, 5.74) is 0. The summed E-state index contributed by atoms with van der Waals surface area (Å²) < 4.78 is 16.3. The normalized spacial score (nSPS) is 21.3. The first kappa shape index (κ1) is 11.4. The van der Waals surface area contributed by atoms with E-state index in [4.69, 9.17) is 13.6 Å². The molecule has 1 aliphatic rings. The van der Waals surface area contributed by atoms with E-state index >= 15 is 0 Å². The molecule has 2 aromatic rings. The third-order valence-corrected chi connectivity index (χ3v) is 2.88. The van der Waals surface area contributed by atoms with Gasteiger partial charge in [0.25, 0.3) is 5.89 Å². The molecule has 96 valence electrons. The fourth-order valence-corrected chi connectivity index (χ4v) is 2.04. The highest BCUT2D eigenvalue weighted by atomic mass is 16.5. The third-order valence-electron chi connectivity index (χ3n) is 2.88. The minimum absolute atomic E-state index is 0.256. The van der Waals surface area contributed by atoms with Crippen LogP contribution < -0.4 is 0 Å². The summed E-state index contributed by atoms with van der Waals surface area (Å²) in [5.74, 6) is 1.64. The van der Waals surface area contributed by atoms with E-state index in [0.717, 1.165) is 19.7 Å². The molecule has 0 N–H and O–H groups in total. The van der Waals surface area contributed by atoms with Crippen molar-refractivity contribution in [3.8, 4) is 11.7 Å². The molecule has 1 fully saturated rings. The van der Waals surface area contributed by atoms with Crippen molar-refractivity contribution in [2.24, 2.45) is 0 Å². The minimum atomic E-state index is 0.256. The van der Waals surface area contributed by atoms with Crippen molar-refractivity contribution in [3.05, 3.63) is 24.3 Å². The summed E-state index contributed by atoms with van der Waals surface area (Å²) in [6.07, 6.45) is 1.84. The van der Waals surface area contributed by atoms with Crippen molar-refractivity contribution in [2.75, 3.05) is 19.7 Å².